The Morgan fingerprint density at radius 2 is 1.90 bits per heavy atom. The minimum atomic E-state index is -1.10. The van der Waals surface area contributed by atoms with E-state index in [-0.39, 0.29) is 12.1 Å². The van der Waals surface area contributed by atoms with Crippen LogP contribution in [0.15, 0.2) is 18.2 Å². The number of nitrogens with one attached hydrogen (secondary N) is 2. The van der Waals surface area contributed by atoms with Crippen LogP contribution in [-0.4, -0.2) is 30.4 Å². The van der Waals surface area contributed by atoms with Crippen LogP contribution in [0.25, 0.3) is 0 Å². The highest BCUT2D eigenvalue weighted by molar-refractivity contribution is 5.79. The summed E-state index contributed by atoms with van der Waals surface area (Å²) in [7, 11) is 0. The quantitative estimate of drug-likeness (QED) is 0.725. The summed E-state index contributed by atoms with van der Waals surface area (Å²) >= 11 is 0. The summed E-state index contributed by atoms with van der Waals surface area (Å²) in [5.41, 5.74) is 2.11. The Labute approximate surface area is 124 Å². The van der Waals surface area contributed by atoms with Gasteiger partial charge in [0.15, 0.2) is 6.73 Å². The van der Waals surface area contributed by atoms with E-state index in [1.54, 1.807) is 0 Å². The number of carboxylic acid groups (broad SMARTS) is 1. The molecule has 0 bridgehead atoms. The van der Waals surface area contributed by atoms with Gasteiger partial charge in [0, 0.05) is 0 Å². The molecule has 2 amide bonds. The standard InChI is InChI=1S/C15H22N2O4/c1-10-5-6-12(11(7-10)15(2,3)4)21-9-17-14(20)16-8-13(18)19/h5-7H,8-9H2,1-4H3,(H,18,19)(H2,16,17,20). The third-order valence-corrected chi connectivity index (χ3v) is 2.80. The molecule has 0 aliphatic rings. The lowest BCUT2D eigenvalue weighted by molar-refractivity contribution is -0.135. The van der Waals surface area contributed by atoms with E-state index < -0.39 is 18.5 Å². The van der Waals surface area contributed by atoms with Crippen LogP contribution in [0, 0.1) is 6.92 Å². The van der Waals surface area contributed by atoms with Crippen molar-refractivity contribution in [3.63, 3.8) is 0 Å². The lowest BCUT2D eigenvalue weighted by Gasteiger charge is -2.23. The number of aryl methyl sites for hydroxylation is 1. The van der Waals surface area contributed by atoms with Crippen molar-refractivity contribution in [1.82, 2.24) is 10.6 Å². The van der Waals surface area contributed by atoms with Crippen LogP contribution in [0.4, 0.5) is 4.79 Å². The topological polar surface area (TPSA) is 87.7 Å². The minimum absolute atomic E-state index is 0.0302. The Kier molecular flexibility index (Phi) is 5.58. The van der Waals surface area contributed by atoms with Crippen LogP contribution < -0.4 is 15.4 Å². The number of ether oxygens (including phenoxy) is 1. The lowest BCUT2D eigenvalue weighted by Crippen LogP contribution is -2.40. The fourth-order valence-electron chi connectivity index (χ4n) is 1.75. The van der Waals surface area contributed by atoms with Crippen molar-refractivity contribution in [3.8, 4) is 5.75 Å². The maximum atomic E-state index is 11.3. The monoisotopic (exact) mass is 294 g/mol. The van der Waals surface area contributed by atoms with Crippen LogP contribution >= 0.6 is 0 Å². The number of benzene rings is 1. The number of hydrogen-bond donors (Lipinski definition) is 3. The lowest BCUT2D eigenvalue weighted by atomic mass is 9.85. The van der Waals surface area contributed by atoms with Crippen LogP contribution in [0.1, 0.15) is 31.9 Å². The molecule has 0 spiro atoms. The van der Waals surface area contributed by atoms with E-state index in [9.17, 15) is 9.59 Å². The molecule has 0 saturated carbocycles. The number of urea groups is 1. The second-order valence-electron chi connectivity index (χ2n) is 5.79. The third kappa shape index (κ3) is 5.72. The van der Waals surface area contributed by atoms with Gasteiger partial charge in [-0.05, 0) is 24.0 Å². The molecule has 3 N–H and O–H groups in total. The van der Waals surface area contributed by atoms with Crippen molar-refractivity contribution in [3.05, 3.63) is 29.3 Å². The molecule has 1 rings (SSSR count). The van der Waals surface area contributed by atoms with Crippen LogP contribution in [-0.2, 0) is 10.2 Å². The molecule has 21 heavy (non-hydrogen) atoms. The zero-order valence-corrected chi connectivity index (χ0v) is 12.8. The van der Waals surface area contributed by atoms with Crippen molar-refractivity contribution in [2.45, 2.75) is 33.1 Å². The van der Waals surface area contributed by atoms with Gasteiger partial charge in [-0.1, -0.05) is 38.5 Å². The first kappa shape index (κ1) is 16.8. The first-order chi connectivity index (χ1) is 9.70. The normalized spacial score (nSPS) is 10.9. The summed E-state index contributed by atoms with van der Waals surface area (Å²) in [6.07, 6.45) is 0. The molecule has 0 radical (unpaired) electrons. The maximum Gasteiger partial charge on any atom is 0.323 e. The number of aliphatic carboxylic acids is 1. The molecule has 0 fully saturated rings. The molecule has 6 nitrogen and oxygen atoms in total. The molecule has 0 aromatic heterocycles. The average Bonchev–Trinajstić information content (AvgIpc) is 2.37. The van der Waals surface area contributed by atoms with E-state index in [0.29, 0.717) is 5.75 Å². The highest BCUT2D eigenvalue weighted by Crippen LogP contribution is 2.31. The SMILES string of the molecule is Cc1ccc(OCNC(=O)NCC(=O)O)c(C(C)(C)C)c1. The summed E-state index contributed by atoms with van der Waals surface area (Å²) in [5.74, 6) is -0.397. The molecule has 0 atom stereocenters. The summed E-state index contributed by atoms with van der Waals surface area (Å²) in [6.45, 7) is 7.81. The van der Waals surface area contributed by atoms with Gasteiger partial charge >= 0.3 is 12.0 Å². The van der Waals surface area contributed by atoms with E-state index in [4.69, 9.17) is 9.84 Å². The summed E-state index contributed by atoms with van der Waals surface area (Å²) in [4.78, 5) is 21.6. The summed E-state index contributed by atoms with van der Waals surface area (Å²) in [5, 5.41) is 13.1. The molecule has 1 aromatic carbocycles. The number of rotatable bonds is 5. The highest BCUT2D eigenvalue weighted by Gasteiger charge is 2.19. The molecular formula is C15H22N2O4. The van der Waals surface area contributed by atoms with Gasteiger partial charge in [0.05, 0.1) is 0 Å². The highest BCUT2D eigenvalue weighted by atomic mass is 16.5. The number of amides is 2. The molecule has 1 aromatic rings. The van der Waals surface area contributed by atoms with Gasteiger partial charge < -0.3 is 20.5 Å². The van der Waals surface area contributed by atoms with E-state index in [1.165, 1.54) is 0 Å². The van der Waals surface area contributed by atoms with Gasteiger partial charge in [0.2, 0.25) is 0 Å². The number of carbonyl (C=O) groups excluding carboxylic acids is 1. The second kappa shape index (κ2) is 6.97. The van der Waals surface area contributed by atoms with Crippen molar-refractivity contribution in [1.29, 1.82) is 0 Å². The fourth-order valence-corrected chi connectivity index (χ4v) is 1.75. The zero-order valence-electron chi connectivity index (χ0n) is 12.8. The van der Waals surface area contributed by atoms with E-state index in [0.717, 1.165) is 11.1 Å². The van der Waals surface area contributed by atoms with Crippen molar-refractivity contribution in [2.75, 3.05) is 13.3 Å². The first-order valence-electron chi connectivity index (χ1n) is 6.67. The number of hydrogen-bond acceptors (Lipinski definition) is 3. The van der Waals surface area contributed by atoms with E-state index >= 15 is 0 Å². The Bertz CT molecular complexity index is 521. The molecular weight excluding hydrogens is 272 g/mol. The smallest absolute Gasteiger partial charge is 0.323 e. The predicted molar refractivity (Wildman–Crippen MR) is 79.5 cm³/mol. The molecule has 116 valence electrons. The van der Waals surface area contributed by atoms with Gasteiger partial charge in [-0.3, -0.25) is 4.79 Å². The molecule has 0 saturated heterocycles. The Morgan fingerprint density at radius 1 is 1.24 bits per heavy atom. The summed E-state index contributed by atoms with van der Waals surface area (Å²) < 4.78 is 5.58. The van der Waals surface area contributed by atoms with Gasteiger partial charge in [-0.2, -0.15) is 0 Å². The van der Waals surface area contributed by atoms with E-state index in [1.807, 2.05) is 19.1 Å². The Balaban J connectivity index is 2.60. The second-order valence-corrected chi connectivity index (χ2v) is 5.79. The van der Waals surface area contributed by atoms with Gasteiger partial charge in [0.25, 0.3) is 0 Å². The van der Waals surface area contributed by atoms with Crippen LogP contribution in [0.5, 0.6) is 5.75 Å². The minimum Gasteiger partial charge on any atom is -0.480 e. The Morgan fingerprint density at radius 3 is 2.48 bits per heavy atom. The van der Waals surface area contributed by atoms with Crippen molar-refractivity contribution in [2.24, 2.45) is 0 Å². The van der Waals surface area contributed by atoms with Gasteiger partial charge in [0.1, 0.15) is 12.3 Å². The fraction of sp³-hybridized carbons (Fsp3) is 0.467. The van der Waals surface area contributed by atoms with Crippen LogP contribution in [0.2, 0.25) is 0 Å². The molecule has 0 heterocycles. The van der Waals surface area contributed by atoms with Crippen LogP contribution in [0.3, 0.4) is 0 Å². The Hall–Kier alpha value is -2.24. The maximum absolute atomic E-state index is 11.3. The van der Waals surface area contributed by atoms with Crippen molar-refractivity contribution < 1.29 is 19.4 Å². The molecule has 0 unspecified atom stereocenters. The molecule has 0 aliphatic carbocycles. The first-order valence-corrected chi connectivity index (χ1v) is 6.67. The summed E-state index contributed by atoms with van der Waals surface area (Å²) in [6, 6.07) is 5.28. The largest absolute Gasteiger partial charge is 0.480 e. The van der Waals surface area contributed by atoms with Gasteiger partial charge in [-0.25, -0.2) is 4.79 Å². The van der Waals surface area contributed by atoms with E-state index in [2.05, 4.69) is 37.5 Å². The average molecular weight is 294 g/mol. The number of carboxylic acids is 1. The number of carbonyl (C=O) groups is 2. The predicted octanol–water partition coefficient (Wildman–Crippen LogP) is 2.01. The van der Waals surface area contributed by atoms with Gasteiger partial charge in [-0.15, -0.1) is 0 Å². The molecule has 0 aliphatic heterocycles. The zero-order chi connectivity index (χ0) is 16.0. The molecule has 6 heteroatoms. The third-order valence-electron chi connectivity index (χ3n) is 2.80. The van der Waals surface area contributed by atoms with Crippen molar-refractivity contribution >= 4 is 12.0 Å².